The molecular weight excluding hydrogens is 380 g/mol. The zero-order chi connectivity index (χ0) is 20.2. The molecule has 0 N–H and O–H groups in total. The lowest BCUT2D eigenvalue weighted by molar-refractivity contribution is 0.604. The second kappa shape index (κ2) is 13.5. The molecule has 2 heterocycles. The van der Waals surface area contributed by atoms with E-state index in [0.29, 0.717) is 0 Å². The Morgan fingerprint density at radius 1 is 0.607 bits per heavy atom. The Kier molecular flexibility index (Phi) is 11.3. The van der Waals surface area contributed by atoms with Gasteiger partial charge in [-0.25, -0.2) is 9.97 Å². The van der Waals surface area contributed by atoms with Crippen molar-refractivity contribution in [3.63, 3.8) is 0 Å². The fourth-order valence-electron chi connectivity index (χ4n) is 3.71. The molecule has 0 atom stereocenters. The maximum Gasteiger partial charge on any atom is 0.135 e. The normalized spacial score (nSPS) is 11.4. The highest BCUT2D eigenvalue weighted by Crippen LogP contribution is 2.35. The first-order valence-electron chi connectivity index (χ1n) is 11.6. The molecule has 0 unspecified atom stereocenters. The second-order valence-corrected chi connectivity index (χ2v) is 10.5. The van der Waals surface area contributed by atoms with Crippen LogP contribution in [0.25, 0.3) is 9.88 Å². The number of aromatic nitrogens is 2. The van der Waals surface area contributed by atoms with Crippen LogP contribution in [-0.4, -0.2) is 9.97 Å². The van der Waals surface area contributed by atoms with Crippen molar-refractivity contribution in [3.8, 4) is 9.88 Å². The molecular formula is C24H40N2S2. The zero-order valence-corrected chi connectivity index (χ0v) is 20.2. The number of unbranched alkanes of at least 4 members (excludes halogenated alkanes) is 10. The van der Waals surface area contributed by atoms with Gasteiger partial charge in [-0.3, -0.25) is 0 Å². The molecule has 0 aromatic carbocycles. The van der Waals surface area contributed by atoms with Crippen LogP contribution in [0.15, 0.2) is 0 Å². The maximum absolute atomic E-state index is 5.05. The largest absolute Gasteiger partial charge is 0.246 e. The Hall–Kier alpha value is -0.740. The number of hydrogen-bond acceptors (Lipinski definition) is 4. The summed E-state index contributed by atoms with van der Waals surface area (Å²) < 4.78 is 0. The average molecular weight is 421 g/mol. The first-order valence-corrected chi connectivity index (χ1v) is 13.2. The molecule has 2 rings (SSSR count). The van der Waals surface area contributed by atoms with Gasteiger partial charge in [0.1, 0.15) is 5.01 Å². The molecule has 2 aromatic heterocycles. The number of thiazole rings is 2. The van der Waals surface area contributed by atoms with Crippen molar-refractivity contribution in [2.24, 2.45) is 0 Å². The Morgan fingerprint density at radius 3 is 1.75 bits per heavy atom. The van der Waals surface area contributed by atoms with Crippen molar-refractivity contribution in [3.05, 3.63) is 21.3 Å². The van der Waals surface area contributed by atoms with Crippen LogP contribution in [0.5, 0.6) is 0 Å². The Labute approximate surface area is 181 Å². The minimum atomic E-state index is 1.11. The summed E-state index contributed by atoms with van der Waals surface area (Å²) in [5.74, 6) is 0. The molecule has 28 heavy (non-hydrogen) atoms. The lowest BCUT2D eigenvalue weighted by Crippen LogP contribution is -1.91. The molecule has 158 valence electrons. The summed E-state index contributed by atoms with van der Waals surface area (Å²) in [6.45, 7) is 8.94. The first-order chi connectivity index (χ1) is 13.7. The summed E-state index contributed by atoms with van der Waals surface area (Å²) in [7, 11) is 0. The third-order valence-corrected chi connectivity index (χ3v) is 7.61. The molecule has 0 radical (unpaired) electrons. The molecule has 0 aliphatic rings. The summed E-state index contributed by atoms with van der Waals surface area (Å²) in [6, 6.07) is 0. The van der Waals surface area contributed by atoms with Gasteiger partial charge in [-0.05, 0) is 39.5 Å². The van der Waals surface area contributed by atoms with Crippen LogP contribution in [0.4, 0.5) is 0 Å². The van der Waals surface area contributed by atoms with Crippen molar-refractivity contribution in [2.45, 2.75) is 118 Å². The van der Waals surface area contributed by atoms with Gasteiger partial charge >= 0.3 is 0 Å². The zero-order valence-electron chi connectivity index (χ0n) is 18.6. The third kappa shape index (κ3) is 7.94. The fraction of sp³-hybridized carbons (Fsp3) is 0.750. The first kappa shape index (κ1) is 23.5. The average Bonchev–Trinajstić information content (AvgIpc) is 3.23. The van der Waals surface area contributed by atoms with E-state index < -0.39 is 0 Å². The Bertz CT molecular complexity index is 672. The van der Waals surface area contributed by atoms with Gasteiger partial charge < -0.3 is 0 Å². The standard InChI is InChI=1S/C24H40N2S2/c1-5-7-9-11-13-15-17-21-19(3)27-24(26-21)23-22(25-20(4)28-23)18-16-14-12-10-8-6-2/h5-18H2,1-4H3. The third-order valence-electron chi connectivity index (χ3n) is 5.43. The van der Waals surface area contributed by atoms with E-state index in [2.05, 4.69) is 27.7 Å². The minimum Gasteiger partial charge on any atom is -0.246 e. The highest BCUT2D eigenvalue weighted by molar-refractivity contribution is 7.21. The van der Waals surface area contributed by atoms with E-state index in [1.165, 1.54) is 108 Å². The van der Waals surface area contributed by atoms with Crippen molar-refractivity contribution < 1.29 is 0 Å². The van der Waals surface area contributed by atoms with E-state index >= 15 is 0 Å². The number of rotatable bonds is 15. The van der Waals surface area contributed by atoms with E-state index in [9.17, 15) is 0 Å². The van der Waals surface area contributed by atoms with Crippen LogP contribution in [0.2, 0.25) is 0 Å². The summed E-state index contributed by atoms with van der Waals surface area (Å²) in [4.78, 5) is 12.6. The van der Waals surface area contributed by atoms with Gasteiger partial charge in [0.2, 0.25) is 0 Å². The molecule has 4 heteroatoms. The fourth-order valence-corrected chi connectivity index (χ4v) is 5.73. The van der Waals surface area contributed by atoms with Gasteiger partial charge in [0.05, 0.1) is 21.3 Å². The van der Waals surface area contributed by atoms with Crippen LogP contribution in [0.1, 0.15) is 112 Å². The van der Waals surface area contributed by atoms with Gasteiger partial charge in [-0.2, -0.15) is 0 Å². The van der Waals surface area contributed by atoms with E-state index in [4.69, 9.17) is 9.97 Å². The molecule has 0 saturated carbocycles. The summed E-state index contributed by atoms with van der Waals surface area (Å²) in [5.41, 5.74) is 2.62. The van der Waals surface area contributed by atoms with Crippen molar-refractivity contribution in [1.82, 2.24) is 9.97 Å². The molecule has 2 nitrogen and oxygen atoms in total. The molecule has 0 amide bonds. The molecule has 0 saturated heterocycles. The molecule has 0 bridgehead atoms. The second-order valence-electron chi connectivity index (χ2n) is 8.07. The van der Waals surface area contributed by atoms with Crippen molar-refractivity contribution in [1.29, 1.82) is 0 Å². The van der Waals surface area contributed by atoms with E-state index in [1.807, 2.05) is 22.7 Å². The summed E-state index contributed by atoms with van der Waals surface area (Å²) in [6.07, 6.45) is 18.4. The smallest absolute Gasteiger partial charge is 0.135 e. The number of nitrogens with zero attached hydrogens (tertiary/aromatic N) is 2. The SMILES string of the molecule is CCCCCCCCc1nc(-c2sc(C)nc2CCCCCCCC)sc1C. The quantitative estimate of drug-likeness (QED) is 0.269. The lowest BCUT2D eigenvalue weighted by Gasteiger charge is -2.01. The predicted octanol–water partition coefficient (Wildman–Crippen LogP) is 8.69. The number of aryl methyl sites for hydroxylation is 4. The number of hydrogen-bond donors (Lipinski definition) is 0. The molecule has 2 aromatic rings. The topological polar surface area (TPSA) is 25.8 Å². The monoisotopic (exact) mass is 420 g/mol. The summed E-state index contributed by atoms with van der Waals surface area (Å²) in [5, 5.41) is 2.39. The Morgan fingerprint density at radius 2 is 1.14 bits per heavy atom. The lowest BCUT2D eigenvalue weighted by atomic mass is 10.1. The Balaban J connectivity index is 1.88. The minimum absolute atomic E-state index is 1.11. The molecule has 0 aliphatic carbocycles. The van der Waals surface area contributed by atoms with Gasteiger partial charge in [0.25, 0.3) is 0 Å². The van der Waals surface area contributed by atoms with Gasteiger partial charge in [-0.15, -0.1) is 22.7 Å². The van der Waals surface area contributed by atoms with E-state index in [0.717, 1.165) is 12.8 Å². The van der Waals surface area contributed by atoms with Gasteiger partial charge in [0.15, 0.2) is 0 Å². The molecule has 0 aliphatic heterocycles. The summed E-state index contributed by atoms with van der Waals surface area (Å²) >= 11 is 3.71. The molecule has 0 spiro atoms. The van der Waals surface area contributed by atoms with Gasteiger partial charge in [0, 0.05) is 4.88 Å². The van der Waals surface area contributed by atoms with Gasteiger partial charge in [-0.1, -0.05) is 78.1 Å². The highest BCUT2D eigenvalue weighted by Gasteiger charge is 2.16. The van der Waals surface area contributed by atoms with Crippen LogP contribution in [0.3, 0.4) is 0 Å². The molecule has 0 fully saturated rings. The predicted molar refractivity (Wildman–Crippen MR) is 127 cm³/mol. The van der Waals surface area contributed by atoms with Crippen LogP contribution in [0, 0.1) is 13.8 Å². The maximum atomic E-state index is 5.05. The van der Waals surface area contributed by atoms with Crippen molar-refractivity contribution >= 4 is 22.7 Å². The van der Waals surface area contributed by atoms with E-state index in [-0.39, 0.29) is 0 Å². The van der Waals surface area contributed by atoms with Crippen molar-refractivity contribution in [2.75, 3.05) is 0 Å². The van der Waals surface area contributed by atoms with Crippen LogP contribution in [-0.2, 0) is 12.8 Å². The van der Waals surface area contributed by atoms with E-state index in [1.54, 1.807) is 0 Å². The van der Waals surface area contributed by atoms with Crippen LogP contribution < -0.4 is 0 Å². The van der Waals surface area contributed by atoms with Crippen LogP contribution >= 0.6 is 22.7 Å². The highest BCUT2D eigenvalue weighted by atomic mass is 32.1.